The molecule has 12 heteroatoms. The van der Waals surface area contributed by atoms with Crippen LogP contribution in [0.1, 0.15) is 52.9 Å². The predicted octanol–water partition coefficient (Wildman–Crippen LogP) is 3.37. The summed E-state index contributed by atoms with van der Waals surface area (Å²) in [5, 5.41) is 0. The first-order chi connectivity index (χ1) is 13.8. The Morgan fingerprint density at radius 1 is 0.897 bits per heavy atom. The van der Waals surface area contributed by atoms with E-state index in [1.54, 1.807) is 11.8 Å². The lowest BCUT2D eigenvalue weighted by Crippen LogP contribution is -2.46. The zero-order valence-corrected chi connectivity index (χ0v) is 20.5. The number of phosphoric acid groups is 1. The van der Waals surface area contributed by atoms with Gasteiger partial charge in [0.25, 0.3) is 0 Å². The first-order valence-electron chi connectivity index (χ1n) is 10.1. The van der Waals surface area contributed by atoms with Gasteiger partial charge in [0.1, 0.15) is 6.61 Å². The number of ether oxygens (including phenoxy) is 1. The standard InChI is InChI=1S/C17H37O9PSSi/c1-4-9-24-29(25-10-5-2,26-11-6-3)16-7-14-28-15-8-17(18)22-12-13-23-27(19,20)21/h4-16H2,1-3H3,(H2,19,20,21). The van der Waals surface area contributed by atoms with E-state index in [0.29, 0.717) is 25.6 Å². The lowest BCUT2D eigenvalue weighted by Gasteiger charge is -2.29. The lowest BCUT2D eigenvalue weighted by molar-refractivity contribution is -0.144. The van der Waals surface area contributed by atoms with Crippen molar-refractivity contribution in [2.75, 3.05) is 44.5 Å². The Balaban J connectivity index is 4.10. The summed E-state index contributed by atoms with van der Waals surface area (Å²) in [6.45, 7) is 7.56. The van der Waals surface area contributed by atoms with Crippen LogP contribution in [0.15, 0.2) is 0 Å². The van der Waals surface area contributed by atoms with Crippen LogP contribution in [0, 0.1) is 0 Å². The molecule has 2 N–H and O–H groups in total. The van der Waals surface area contributed by atoms with Crippen LogP contribution in [0.25, 0.3) is 0 Å². The Labute approximate surface area is 179 Å². The molecule has 9 nitrogen and oxygen atoms in total. The molecule has 29 heavy (non-hydrogen) atoms. The fourth-order valence-corrected chi connectivity index (χ4v) is 6.42. The number of carbonyl (C=O) groups excluding carboxylic acids is 1. The zero-order chi connectivity index (χ0) is 22.0. The minimum Gasteiger partial charge on any atom is -0.463 e. The van der Waals surface area contributed by atoms with E-state index in [4.69, 9.17) is 27.8 Å². The van der Waals surface area contributed by atoms with E-state index in [-0.39, 0.29) is 19.6 Å². The molecule has 0 saturated carbocycles. The molecule has 0 saturated heterocycles. The summed E-state index contributed by atoms with van der Waals surface area (Å²) in [7, 11) is -7.18. The molecule has 0 spiro atoms. The van der Waals surface area contributed by atoms with Gasteiger partial charge in [-0.1, -0.05) is 20.8 Å². The van der Waals surface area contributed by atoms with Gasteiger partial charge < -0.3 is 27.8 Å². The van der Waals surface area contributed by atoms with E-state index in [0.717, 1.165) is 37.5 Å². The van der Waals surface area contributed by atoms with Gasteiger partial charge >= 0.3 is 22.6 Å². The number of rotatable bonds is 20. The van der Waals surface area contributed by atoms with Gasteiger partial charge in [-0.3, -0.25) is 9.32 Å². The molecular weight excluding hydrogens is 439 g/mol. The Morgan fingerprint density at radius 2 is 1.45 bits per heavy atom. The fourth-order valence-electron chi connectivity index (χ4n) is 2.15. The molecule has 0 bridgehead atoms. The Bertz CT molecular complexity index is 442. The van der Waals surface area contributed by atoms with Crippen molar-refractivity contribution in [2.45, 2.75) is 58.9 Å². The van der Waals surface area contributed by atoms with E-state index >= 15 is 0 Å². The van der Waals surface area contributed by atoms with E-state index in [2.05, 4.69) is 25.3 Å². The van der Waals surface area contributed by atoms with Crippen molar-refractivity contribution in [1.82, 2.24) is 0 Å². The number of hydrogen-bond acceptors (Lipinski definition) is 8. The van der Waals surface area contributed by atoms with E-state index in [1.165, 1.54) is 0 Å². The van der Waals surface area contributed by atoms with Crippen molar-refractivity contribution in [2.24, 2.45) is 0 Å². The topological polar surface area (TPSA) is 121 Å². The molecular formula is C17H37O9PSSi. The predicted molar refractivity (Wildman–Crippen MR) is 115 cm³/mol. The van der Waals surface area contributed by atoms with Gasteiger partial charge in [0, 0.05) is 31.6 Å². The largest absolute Gasteiger partial charge is 0.500 e. The molecule has 0 heterocycles. The molecule has 0 aliphatic heterocycles. The highest BCUT2D eigenvalue weighted by Crippen LogP contribution is 2.35. The second-order valence-corrected chi connectivity index (χ2v) is 11.4. The molecule has 0 aromatic carbocycles. The van der Waals surface area contributed by atoms with E-state index < -0.39 is 22.6 Å². The van der Waals surface area contributed by atoms with Crippen molar-refractivity contribution in [3.63, 3.8) is 0 Å². The van der Waals surface area contributed by atoms with E-state index in [1.807, 2.05) is 0 Å². The van der Waals surface area contributed by atoms with Gasteiger partial charge in [-0.2, -0.15) is 11.8 Å². The van der Waals surface area contributed by atoms with Crippen LogP contribution in [-0.2, 0) is 31.9 Å². The van der Waals surface area contributed by atoms with E-state index in [9.17, 15) is 9.36 Å². The molecule has 0 amide bonds. The molecule has 0 aliphatic rings. The number of carbonyl (C=O) groups is 1. The van der Waals surface area contributed by atoms with Gasteiger partial charge in [0.05, 0.1) is 13.0 Å². The fraction of sp³-hybridized carbons (Fsp3) is 0.941. The summed E-state index contributed by atoms with van der Waals surface area (Å²) >= 11 is 1.64. The number of phosphoric ester groups is 1. The number of thioether (sulfide) groups is 1. The third-order valence-electron chi connectivity index (χ3n) is 3.41. The van der Waals surface area contributed by atoms with Crippen LogP contribution < -0.4 is 0 Å². The average molecular weight is 477 g/mol. The van der Waals surface area contributed by atoms with Crippen molar-refractivity contribution in [3.8, 4) is 0 Å². The van der Waals surface area contributed by atoms with Crippen LogP contribution in [0.2, 0.25) is 6.04 Å². The maximum atomic E-state index is 11.6. The van der Waals surface area contributed by atoms with Gasteiger partial charge in [0.2, 0.25) is 0 Å². The number of esters is 1. The van der Waals surface area contributed by atoms with Crippen LogP contribution in [0.3, 0.4) is 0 Å². The average Bonchev–Trinajstić information content (AvgIpc) is 2.68. The van der Waals surface area contributed by atoms with Gasteiger partial charge in [-0.25, -0.2) is 4.57 Å². The molecule has 0 fully saturated rings. The van der Waals surface area contributed by atoms with Crippen LogP contribution in [-0.4, -0.2) is 69.1 Å². The first kappa shape index (κ1) is 29.0. The molecule has 0 rings (SSSR count). The highest BCUT2D eigenvalue weighted by atomic mass is 32.2. The lowest BCUT2D eigenvalue weighted by atomic mass is 10.5. The quantitative estimate of drug-likeness (QED) is 0.117. The van der Waals surface area contributed by atoms with Crippen molar-refractivity contribution < 1.29 is 41.7 Å². The highest BCUT2D eigenvalue weighted by molar-refractivity contribution is 7.99. The Kier molecular flexibility index (Phi) is 17.7. The molecule has 174 valence electrons. The van der Waals surface area contributed by atoms with Crippen LogP contribution >= 0.6 is 19.6 Å². The Hall–Kier alpha value is 0.0269. The molecule has 0 aromatic heterocycles. The monoisotopic (exact) mass is 476 g/mol. The summed E-state index contributed by atoms with van der Waals surface area (Å²) < 4.78 is 37.7. The molecule has 0 aromatic rings. The normalized spacial score (nSPS) is 12.3. The maximum absolute atomic E-state index is 11.6. The van der Waals surface area contributed by atoms with Gasteiger partial charge in [-0.05, 0) is 31.4 Å². The third-order valence-corrected chi connectivity index (χ3v) is 7.89. The number of hydrogen-bond donors (Lipinski definition) is 2. The van der Waals surface area contributed by atoms with Crippen molar-refractivity contribution >= 4 is 34.4 Å². The third kappa shape index (κ3) is 17.4. The summed E-state index contributed by atoms with van der Waals surface area (Å²) in [4.78, 5) is 28.6. The first-order valence-corrected chi connectivity index (χ1v) is 14.8. The molecule has 0 unspecified atom stereocenters. The second-order valence-electron chi connectivity index (χ2n) is 6.24. The molecule has 0 radical (unpaired) electrons. The van der Waals surface area contributed by atoms with Crippen LogP contribution in [0.4, 0.5) is 0 Å². The van der Waals surface area contributed by atoms with Crippen molar-refractivity contribution in [1.29, 1.82) is 0 Å². The van der Waals surface area contributed by atoms with Gasteiger partial charge in [0.15, 0.2) is 0 Å². The highest BCUT2D eigenvalue weighted by Gasteiger charge is 2.40. The summed E-state index contributed by atoms with van der Waals surface area (Å²) in [5.74, 6) is 1.04. The summed E-state index contributed by atoms with van der Waals surface area (Å²) in [6, 6.07) is 0.754. The van der Waals surface area contributed by atoms with Gasteiger partial charge in [-0.15, -0.1) is 0 Å². The van der Waals surface area contributed by atoms with Crippen LogP contribution in [0.5, 0.6) is 0 Å². The smallest absolute Gasteiger partial charge is 0.463 e. The Morgan fingerprint density at radius 3 is 1.93 bits per heavy atom. The summed E-state index contributed by atoms with van der Waals surface area (Å²) in [5.41, 5.74) is 0. The zero-order valence-electron chi connectivity index (χ0n) is 17.8. The second kappa shape index (κ2) is 17.7. The summed E-state index contributed by atoms with van der Waals surface area (Å²) in [6.07, 6.45) is 3.84. The maximum Gasteiger partial charge on any atom is 0.500 e. The minimum atomic E-state index is -4.52. The molecule has 0 aliphatic carbocycles. The van der Waals surface area contributed by atoms with Crippen molar-refractivity contribution in [3.05, 3.63) is 0 Å². The molecule has 0 atom stereocenters. The SMILES string of the molecule is CCCO[Si](CCCSCCC(=O)OCCOP(=O)(O)O)(OCCC)OCCC. The minimum absolute atomic E-state index is 0.180.